The zero-order valence-electron chi connectivity index (χ0n) is 12.1. The predicted molar refractivity (Wildman–Crippen MR) is 94.5 cm³/mol. The zero-order chi connectivity index (χ0) is 14.5. The van der Waals surface area contributed by atoms with Gasteiger partial charge in [-0.2, -0.15) is 0 Å². The fraction of sp³-hybridized carbons (Fsp3) is 0.333. The lowest BCUT2D eigenvalue weighted by atomic mass is 9.78. The van der Waals surface area contributed by atoms with E-state index in [4.69, 9.17) is 0 Å². The topological polar surface area (TPSA) is 0 Å². The molecule has 0 amide bonds. The van der Waals surface area contributed by atoms with Crippen molar-refractivity contribution in [1.29, 1.82) is 0 Å². The molecule has 0 aromatic heterocycles. The molecule has 0 spiro atoms. The normalized spacial score (nSPS) is 15.1. The van der Waals surface area contributed by atoms with Gasteiger partial charge in [0.15, 0.2) is 0 Å². The first kappa shape index (κ1) is 14.3. The Morgan fingerprint density at radius 2 is 1.45 bits per heavy atom. The van der Waals surface area contributed by atoms with Gasteiger partial charge in [-0.15, -0.1) is 0 Å². The lowest BCUT2D eigenvalue weighted by Gasteiger charge is -2.30. The molecule has 0 atom stereocenters. The average Bonchev–Trinajstić information content (AvgIpc) is 2.75. The maximum Gasteiger partial charge on any atom is 0.0413 e. The van der Waals surface area contributed by atoms with E-state index < -0.39 is 0 Å². The molecule has 2 aromatic carbocycles. The summed E-state index contributed by atoms with van der Waals surface area (Å²) in [5.74, 6) is 0. The van der Waals surface area contributed by atoms with Gasteiger partial charge >= 0.3 is 0 Å². The van der Waals surface area contributed by atoms with Crippen molar-refractivity contribution in [3.05, 3.63) is 58.1 Å². The van der Waals surface area contributed by atoms with Gasteiger partial charge in [-0.3, -0.25) is 0 Å². The molecule has 104 valence electrons. The Morgan fingerprint density at radius 3 is 2.10 bits per heavy atom. The molecule has 0 bridgehead atoms. The maximum atomic E-state index is 3.80. The molecule has 2 aromatic rings. The van der Waals surface area contributed by atoms with E-state index in [0.717, 1.165) is 10.7 Å². The van der Waals surface area contributed by atoms with E-state index in [1.807, 2.05) is 0 Å². The Balaban J connectivity index is 2.47. The number of hydrogen-bond acceptors (Lipinski definition) is 0. The van der Waals surface area contributed by atoms with Crippen LogP contribution in [0.15, 0.2) is 30.3 Å². The smallest absolute Gasteiger partial charge is 0.0413 e. The maximum absolute atomic E-state index is 3.80. The van der Waals surface area contributed by atoms with Gasteiger partial charge < -0.3 is 0 Å². The van der Waals surface area contributed by atoms with E-state index in [0.29, 0.717) is 0 Å². The summed E-state index contributed by atoms with van der Waals surface area (Å²) in [6, 6.07) is 11.2. The second kappa shape index (κ2) is 4.99. The second-order valence-corrected chi connectivity index (χ2v) is 6.90. The van der Waals surface area contributed by atoms with E-state index in [2.05, 4.69) is 83.0 Å². The number of halogens is 2. The van der Waals surface area contributed by atoms with Crippen LogP contribution in [0.3, 0.4) is 0 Å². The van der Waals surface area contributed by atoms with Crippen LogP contribution in [0.25, 0.3) is 11.1 Å². The van der Waals surface area contributed by atoms with Crippen LogP contribution >= 0.6 is 31.9 Å². The second-order valence-electron chi connectivity index (χ2n) is 5.78. The number of rotatable bonds is 2. The summed E-state index contributed by atoms with van der Waals surface area (Å²) in [6.07, 6.45) is 0. The fourth-order valence-electron chi connectivity index (χ4n) is 3.61. The lowest BCUT2D eigenvalue weighted by molar-refractivity contribution is 0.685. The van der Waals surface area contributed by atoms with Crippen LogP contribution in [0.5, 0.6) is 0 Å². The van der Waals surface area contributed by atoms with Gasteiger partial charge in [-0.1, -0.05) is 62.2 Å². The molecule has 0 N–H and O–H groups in total. The zero-order valence-corrected chi connectivity index (χ0v) is 15.2. The number of hydrogen-bond donors (Lipinski definition) is 0. The highest BCUT2D eigenvalue weighted by molar-refractivity contribution is 9.09. The third kappa shape index (κ3) is 1.70. The molecule has 0 aliphatic heterocycles. The SMILES string of the molecule is Cc1ccc2c(c1C)C(CBr)(CBr)c1c(C)cccc1-2. The molecule has 0 radical (unpaired) electrons. The summed E-state index contributed by atoms with van der Waals surface area (Å²) >= 11 is 7.59. The van der Waals surface area contributed by atoms with Crippen LogP contribution in [0.4, 0.5) is 0 Å². The molecule has 1 aliphatic rings. The largest absolute Gasteiger partial charge is 0.0914 e. The van der Waals surface area contributed by atoms with Gasteiger partial charge in [0, 0.05) is 16.1 Å². The van der Waals surface area contributed by atoms with Gasteiger partial charge in [0.2, 0.25) is 0 Å². The van der Waals surface area contributed by atoms with E-state index in [9.17, 15) is 0 Å². The molecule has 0 nitrogen and oxygen atoms in total. The van der Waals surface area contributed by atoms with Crippen LogP contribution in [0.1, 0.15) is 27.8 Å². The third-order valence-corrected chi connectivity index (χ3v) is 6.63. The van der Waals surface area contributed by atoms with E-state index in [-0.39, 0.29) is 5.41 Å². The molecule has 0 unspecified atom stereocenters. The van der Waals surface area contributed by atoms with E-state index >= 15 is 0 Å². The van der Waals surface area contributed by atoms with Crippen LogP contribution in [0.2, 0.25) is 0 Å². The standard InChI is InChI=1S/C18H18Br2/c1-11-7-8-15-14-6-4-5-12(2)16(14)18(9-19,10-20)17(15)13(11)3/h4-8H,9-10H2,1-3H3. The van der Waals surface area contributed by atoms with Gasteiger partial charge in [0.25, 0.3) is 0 Å². The van der Waals surface area contributed by atoms with Crippen LogP contribution in [-0.4, -0.2) is 10.7 Å². The predicted octanol–water partition coefficient (Wildman–Crippen LogP) is 5.67. The van der Waals surface area contributed by atoms with Crippen molar-refractivity contribution >= 4 is 31.9 Å². The number of fused-ring (bicyclic) bond motifs is 3. The van der Waals surface area contributed by atoms with Crippen molar-refractivity contribution in [3.8, 4) is 11.1 Å². The molecule has 0 saturated heterocycles. The van der Waals surface area contributed by atoms with Crippen molar-refractivity contribution in [2.75, 3.05) is 10.7 Å². The minimum atomic E-state index is 0.0477. The number of aryl methyl sites for hydroxylation is 2. The van der Waals surface area contributed by atoms with Crippen LogP contribution in [0, 0.1) is 20.8 Å². The van der Waals surface area contributed by atoms with Gasteiger partial charge in [0.05, 0.1) is 0 Å². The monoisotopic (exact) mass is 392 g/mol. The van der Waals surface area contributed by atoms with Crippen molar-refractivity contribution < 1.29 is 0 Å². The first-order valence-corrected chi connectivity index (χ1v) is 9.14. The van der Waals surface area contributed by atoms with Crippen LogP contribution in [-0.2, 0) is 5.41 Å². The minimum absolute atomic E-state index is 0.0477. The average molecular weight is 394 g/mol. The third-order valence-electron chi connectivity index (χ3n) is 4.71. The highest BCUT2D eigenvalue weighted by Gasteiger charge is 2.43. The van der Waals surface area contributed by atoms with Crippen molar-refractivity contribution in [2.24, 2.45) is 0 Å². The Bertz CT molecular complexity index is 682. The summed E-state index contributed by atoms with van der Waals surface area (Å²) in [6.45, 7) is 6.70. The Labute approximate surface area is 137 Å². The van der Waals surface area contributed by atoms with Crippen molar-refractivity contribution in [2.45, 2.75) is 26.2 Å². The molecule has 1 aliphatic carbocycles. The summed E-state index contributed by atoms with van der Waals surface area (Å²) in [4.78, 5) is 0. The number of alkyl halides is 2. The Morgan fingerprint density at radius 1 is 0.800 bits per heavy atom. The molecular weight excluding hydrogens is 376 g/mol. The summed E-state index contributed by atoms with van der Waals surface area (Å²) in [7, 11) is 0. The quantitative estimate of drug-likeness (QED) is 0.576. The fourth-order valence-corrected chi connectivity index (χ4v) is 5.66. The summed E-state index contributed by atoms with van der Waals surface area (Å²) < 4.78 is 0. The highest BCUT2D eigenvalue weighted by Crippen LogP contribution is 2.53. The molecular formula is C18H18Br2. The molecule has 0 fully saturated rings. The van der Waals surface area contributed by atoms with Crippen LogP contribution < -0.4 is 0 Å². The lowest BCUT2D eigenvalue weighted by Crippen LogP contribution is -2.31. The molecule has 0 heterocycles. The molecule has 2 heteroatoms. The van der Waals surface area contributed by atoms with Gasteiger partial charge in [0.1, 0.15) is 0 Å². The van der Waals surface area contributed by atoms with Gasteiger partial charge in [-0.05, 0) is 59.7 Å². The first-order valence-electron chi connectivity index (χ1n) is 6.90. The Kier molecular flexibility index (Phi) is 3.58. The van der Waals surface area contributed by atoms with E-state index in [1.54, 1.807) is 0 Å². The minimum Gasteiger partial charge on any atom is -0.0914 e. The molecule has 0 saturated carbocycles. The molecule has 3 rings (SSSR count). The number of benzene rings is 2. The summed E-state index contributed by atoms with van der Waals surface area (Å²) in [5.41, 5.74) is 10.0. The highest BCUT2D eigenvalue weighted by atomic mass is 79.9. The van der Waals surface area contributed by atoms with Crippen molar-refractivity contribution in [3.63, 3.8) is 0 Å². The van der Waals surface area contributed by atoms with Crippen molar-refractivity contribution in [1.82, 2.24) is 0 Å². The Hall–Kier alpha value is -0.600. The first-order chi connectivity index (χ1) is 9.56. The van der Waals surface area contributed by atoms with E-state index in [1.165, 1.54) is 38.9 Å². The van der Waals surface area contributed by atoms with Gasteiger partial charge in [-0.25, -0.2) is 0 Å². The molecule has 20 heavy (non-hydrogen) atoms. The summed E-state index contributed by atoms with van der Waals surface area (Å²) in [5, 5.41) is 1.89.